The molecule has 0 aliphatic heterocycles. The summed E-state index contributed by atoms with van der Waals surface area (Å²) in [6.45, 7) is 0.397. The van der Waals surface area contributed by atoms with Crippen LogP contribution >= 0.6 is 27.5 Å². The zero-order chi connectivity index (χ0) is 12.1. The number of benzene rings is 1. The van der Waals surface area contributed by atoms with Gasteiger partial charge in [0, 0.05) is 6.54 Å². The lowest BCUT2D eigenvalue weighted by Gasteiger charge is -2.06. The van der Waals surface area contributed by atoms with Crippen LogP contribution in [0.2, 0.25) is 5.02 Å². The van der Waals surface area contributed by atoms with Crippen LogP contribution in [0.25, 0.3) is 0 Å². The standard InChI is InChI=1S/C9H10BrClFNO2S/c10-8-7(12)4-3-6(9(8)11)2-1-5-13-16(14)15/h3-4,13H,1-2,5H2,(H,14,15). The zero-order valence-corrected chi connectivity index (χ0v) is 11.3. The number of hydrogen-bond acceptors (Lipinski definition) is 1. The molecule has 0 aromatic heterocycles. The molecule has 0 spiro atoms. The largest absolute Gasteiger partial charge is 0.294 e. The predicted molar refractivity (Wildman–Crippen MR) is 66.2 cm³/mol. The van der Waals surface area contributed by atoms with Crippen molar-refractivity contribution in [2.75, 3.05) is 6.54 Å². The molecule has 0 amide bonds. The second-order valence-electron chi connectivity index (χ2n) is 3.08. The van der Waals surface area contributed by atoms with E-state index in [9.17, 15) is 8.60 Å². The molecule has 0 bridgehead atoms. The fourth-order valence-electron chi connectivity index (χ4n) is 1.20. The third-order valence-electron chi connectivity index (χ3n) is 1.96. The van der Waals surface area contributed by atoms with Crippen LogP contribution in [0.15, 0.2) is 16.6 Å². The highest BCUT2D eigenvalue weighted by atomic mass is 79.9. The molecule has 2 N–H and O–H groups in total. The Bertz CT molecular complexity index is 405. The van der Waals surface area contributed by atoms with Crippen molar-refractivity contribution in [3.8, 4) is 0 Å². The summed E-state index contributed by atoms with van der Waals surface area (Å²) in [5.74, 6) is -0.400. The molecule has 1 aromatic carbocycles. The van der Waals surface area contributed by atoms with Gasteiger partial charge in [0.25, 0.3) is 0 Å². The van der Waals surface area contributed by atoms with Gasteiger partial charge in [0.05, 0.1) is 9.50 Å². The van der Waals surface area contributed by atoms with Gasteiger partial charge < -0.3 is 0 Å². The number of nitrogens with one attached hydrogen (secondary N) is 1. The summed E-state index contributed by atoms with van der Waals surface area (Å²) in [7, 11) is 0. The van der Waals surface area contributed by atoms with Crippen molar-refractivity contribution < 1.29 is 13.2 Å². The lowest BCUT2D eigenvalue weighted by molar-refractivity contribution is 0.547. The summed E-state index contributed by atoms with van der Waals surface area (Å²) >= 11 is 6.99. The summed E-state index contributed by atoms with van der Waals surface area (Å²) in [5.41, 5.74) is 0.806. The molecule has 0 aliphatic carbocycles. The first-order valence-electron chi connectivity index (χ1n) is 4.49. The SMILES string of the molecule is O=S(O)NCCCc1ccc(F)c(Br)c1Cl. The van der Waals surface area contributed by atoms with Gasteiger partial charge >= 0.3 is 0 Å². The molecule has 0 fully saturated rings. The minimum Gasteiger partial charge on any atom is -0.294 e. The highest BCUT2D eigenvalue weighted by molar-refractivity contribution is 9.10. The summed E-state index contributed by atoms with van der Waals surface area (Å²) in [5, 5.41) is 0.352. The van der Waals surface area contributed by atoms with Gasteiger partial charge in [0.1, 0.15) is 5.82 Å². The van der Waals surface area contributed by atoms with Gasteiger partial charge in [-0.25, -0.2) is 13.3 Å². The van der Waals surface area contributed by atoms with Crippen LogP contribution in [0, 0.1) is 5.82 Å². The minimum absolute atomic E-state index is 0.255. The quantitative estimate of drug-likeness (QED) is 0.495. The van der Waals surface area contributed by atoms with Crippen LogP contribution in [0.1, 0.15) is 12.0 Å². The summed E-state index contributed by atoms with van der Waals surface area (Å²) < 4.78 is 34.4. The van der Waals surface area contributed by atoms with E-state index in [-0.39, 0.29) is 4.47 Å². The predicted octanol–water partition coefficient (Wildman–Crippen LogP) is 2.90. The van der Waals surface area contributed by atoms with E-state index in [1.807, 2.05) is 0 Å². The lowest BCUT2D eigenvalue weighted by atomic mass is 10.1. The third kappa shape index (κ3) is 4.10. The van der Waals surface area contributed by atoms with Crippen LogP contribution in [-0.2, 0) is 17.7 Å². The molecule has 16 heavy (non-hydrogen) atoms. The summed E-state index contributed by atoms with van der Waals surface area (Å²) in [4.78, 5) is 0. The van der Waals surface area contributed by atoms with E-state index in [0.29, 0.717) is 24.4 Å². The van der Waals surface area contributed by atoms with Crippen molar-refractivity contribution >= 4 is 38.8 Å². The Balaban J connectivity index is 2.55. The molecule has 3 nitrogen and oxygen atoms in total. The maximum absolute atomic E-state index is 13.0. The Hall–Kier alpha value is -0.0100. The van der Waals surface area contributed by atoms with Crippen LogP contribution < -0.4 is 4.72 Å². The van der Waals surface area contributed by atoms with Gasteiger partial charge in [-0.05, 0) is 40.4 Å². The van der Waals surface area contributed by atoms with Gasteiger partial charge in [-0.1, -0.05) is 17.7 Å². The molecule has 0 radical (unpaired) electrons. The van der Waals surface area contributed by atoms with E-state index in [1.165, 1.54) is 6.07 Å². The molecule has 0 aliphatic rings. The Labute approximate surface area is 109 Å². The number of rotatable bonds is 5. The topological polar surface area (TPSA) is 49.3 Å². The summed E-state index contributed by atoms with van der Waals surface area (Å²) in [6, 6.07) is 2.95. The Morgan fingerprint density at radius 1 is 1.56 bits per heavy atom. The van der Waals surface area contributed by atoms with Gasteiger partial charge in [0.15, 0.2) is 0 Å². The third-order valence-corrected chi connectivity index (χ3v) is 3.85. The number of hydrogen-bond donors (Lipinski definition) is 2. The first-order chi connectivity index (χ1) is 7.52. The zero-order valence-electron chi connectivity index (χ0n) is 8.17. The maximum Gasteiger partial charge on any atom is 0.231 e. The molecule has 0 saturated heterocycles. The van der Waals surface area contributed by atoms with Gasteiger partial charge in [0.2, 0.25) is 11.3 Å². The molecule has 1 atom stereocenters. The Kier molecular flexibility index (Phi) is 5.85. The average Bonchev–Trinajstić information content (AvgIpc) is 2.23. The van der Waals surface area contributed by atoms with E-state index < -0.39 is 17.1 Å². The van der Waals surface area contributed by atoms with Crippen molar-refractivity contribution in [1.82, 2.24) is 4.72 Å². The minimum atomic E-state index is -1.99. The molecule has 1 unspecified atom stereocenters. The fourth-order valence-corrected chi connectivity index (χ4v) is 2.15. The number of aryl methyl sites for hydroxylation is 1. The first kappa shape index (κ1) is 14.1. The van der Waals surface area contributed by atoms with Crippen LogP contribution in [0.4, 0.5) is 4.39 Å². The van der Waals surface area contributed by atoms with Crippen LogP contribution in [0.5, 0.6) is 0 Å². The normalized spacial score (nSPS) is 12.8. The average molecular weight is 331 g/mol. The van der Waals surface area contributed by atoms with Gasteiger partial charge in [-0.3, -0.25) is 4.55 Å². The number of halogens is 3. The maximum atomic E-state index is 13.0. The molecule has 7 heteroatoms. The first-order valence-corrected chi connectivity index (χ1v) is 6.77. The molecular weight excluding hydrogens is 321 g/mol. The second-order valence-corrected chi connectivity index (χ2v) is 5.04. The van der Waals surface area contributed by atoms with Crippen molar-refractivity contribution in [2.45, 2.75) is 12.8 Å². The Morgan fingerprint density at radius 3 is 2.88 bits per heavy atom. The van der Waals surface area contributed by atoms with Crippen LogP contribution in [0.3, 0.4) is 0 Å². The van der Waals surface area contributed by atoms with Gasteiger partial charge in [-0.2, -0.15) is 0 Å². The van der Waals surface area contributed by atoms with E-state index in [4.69, 9.17) is 16.2 Å². The van der Waals surface area contributed by atoms with E-state index in [2.05, 4.69) is 20.7 Å². The van der Waals surface area contributed by atoms with E-state index in [1.54, 1.807) is 6.07 Å². The smallest absolute Gasteiger partial charge is 0.231 e. The second kappa shape index (κ2) is 6.66. The molecule has 1 rings (SSSR count). The Morgan fingerprint density at radius 2 is 2.25 bits per heavy atom. The van der Waals surface area contributed by atoms with Crippen molar-refractivity contribution in [3.05, 3.63) is 33.0 Å². The van der Waals surface area contributed by atoms with Crippen molar-refractivity contribution in [3.63, 3.8) is 0 Å². The highest BCUT2D eigenvalue weighted by Gasteiger charge is 2.08. The highest BCUT2D eigenvalue weighted by Crippen LogP contribution is 2.29. The molecular formula is C9H10BrClFNO2S. The molecule has 0 saturated carbocycles. The van der Waals surface area contributed by atoms with Crippen LogP contribution in [-0.4, -0.2) is 15.3 Å². The molecule has 90 valence electrons. The molecule has 1 aromatic rings. The summed E-state index contributed by atoms with van der Waals surface area (Å²) in [6.07, 6.45) is 1.26. The monoisotopic (exact) mass is 329 g/mol. The lowest BCUT2D eigenvalue weighted by Crippen LogP contribution is -2.17. The van der Waals surface area contributed by atoms with Gasteiger partial charge in [-0.15, -0.1) is 0 Å². The van der Waals surface area contributed by atoms with E-state index >= 15 is 0 Å². The fraction of sp³-hybridized carbons (Fsp3) is 0.333. The van der Waals surface area contributed by atoms with Crippen molar-refractivity contribution in [1.29, 1.82) is 0 Å². The van der Waals surface area contributed by atoms with E-state index in [0.717, 1.165) is 5.56 Å². The van der Waals surface area contributed by atoms with Crippen molar-refractivity contribution in [2.24, 2.45) is 0 Å². The molecule has 0 heterocycles.